The topological polar surface area (TPSA) is 132 Å². The Morgan fingerprint density at radius 2 is 1.83 bits per heavy atom. The van der Waals surface area contributed by atoms with Gasteiger partial charge in [0.15, 0.2) is 0 Å². The van der Waals surface area contributed by atoms with Crippen molar-refractivity contribution in [1.29, 1.82) is 0 Å². The molecule has 1 rings (SSSR count). The van der Waals surface area contributed by atoms with Gasteiger partial charge in [-0.25, -0.2) is 4.79 Å². The van der Waals surface area contributed by atoms with Crippen LogP contribution < -0.4 is 16.4 Å². The molecule has 0 saturated carbocycles. The highest BCUT2D eigenvalue weighted by molar-refractivity contribution is 5.34. The molecule has 2 N–H and O–H groups in total. The van der Waals surface area contributed by atoms with Crippen molar-refractivity contribution in [3.05, 3.63) is 31.0 Å². The second-order valence-corrected chi connectivity index (χ2v) is 1.84. The summed E-state index contributed by atoms with van der Waals surface area (Å²) in [5.41, 5.74) is -3.54. The Bertz CT molecular complexity index is 429. The highest BCUT2D eigenvalue weighted by Gasteiger charge is 2.13. The van der Waals surface area contributed by atoms with E-state index < -0.39 is 27.7 Å². The molecular weight excluding hydrogens is 170 g/mol. The first kappa shape index (κ1) is 7.98. The fourth-order valence-corrected chi connectivity index (χ4v) is 0.625. The van der Waals surface area contributed by atoms with Crippen LogP contribution in [0.3, 0.4) is 0 Å². The van der Waals surface area contributed by atoms with Crippen molar-refractivity contribution in [2.75, 3.05) is 0 Å². The Kier molecular flexibility index (Phi) is 1.66. The second-order valence-electron chi connectivity index (χ2n) is 1.84. The molecule has 0 spiro atoms. The number of H-pyrrole nitrogens is 2. The first-order chi connectivity index (χ1) is 5.52. The van der Waals surface area contributed by atoms with E-state index in [0.717, 1.165) is 0 Å². The largest absolute Gasteiger partial charge is 0.855 e. The quantitative estimate of drug-likeness (QED) is 0.375. The Labute approximate surface area is 63.6 Å². The van der Waals surface area contributed by atoms with Crippen molar-refractivity contribution in [3.8, 4) is 5.88 Å². The zero-order chi connectivity index (χ0) is 9.30. The number of aromatic nitrogens is 2. The van der Waals surface area contributed by atoms with Gasteiger partial charge in [0.05, 0.1) is 10.8 Å². The number of nitrogens with zero attached hydrogens (tertiary/aromatic N) is 1. The molecule has 64 valence electrons. The van der Waals surface area contributed by atoms with Crippen LogP contribution in [0.5, 0.6) is 5.88 Å². The lowest BCUT2D eigenvalue weighted by Gasteiger charge is -2.01. The zero-order valence-electron chi connectivity index (χ0n) is 5.49. The molecule has 1 aromatic rings. The Hall–Kier alpha value is -2.12. The van der Waals surface area contributed by atoms with Gasteiger partial charge in [-0.1, -0.05) is 0 Å². The SMILES string of the molecule is O=c1[nH]c([O-])c([N+](=O)[O-])c(=O)[nH]1. The number of nitro groups is 1. The van der Waals surface area contributed by atoms with Crippen LogP contribution in [0, 0.1) is 10.1 Å². The lowest BCUT2D eigenvalue weighted by molar-refractivity contribution is -0.401. The van der Waals surface area contributed by atoms with Crippen LogP contribution in [0.1, 0.15) is 0 Å². The molecule has 0 bridgehead atoms. The van der Waals surface area contributed by atoms with E-state index in [-0.39, 0.29) is 0 Å². The standard InChI is InChI=1S/C4H3N3O5/c8-2-1(7(11)12)3(9)6-4(10)5-2/h(H3,5,6,8,9,10)/p-1. The van der Waals surface area contributed by atoms with Crippen LogP contribution in [0.2, 0.25) is 0 Å². The number of rotatable bonds is 1. The number of hydrogen-bond acceptors (Lipinski definition) is 5. The molecule has 0 fully saturated rings. The molecule has 0 atom stereocenters. The maximum Gasteiger partial charge on any atom is 0.342 e. The molecule has 0 aromatic carbocycles. The number of hydrogen-bond donors (Lipinski definition) is 2. The summed E-state index contributed by atoms with van der Waals surface area (Å²) in [4.78, 5) is 32.9. The maximum atomic E-state index is 10.6. The Morgan fingerprint density at radius 3 is 2.25 bits per heavy atom. The van der Waals surface area contributed by atoms with Gasteiger partial charge < -0.3 is 10.1 Å². The van der Waals surface area contributed by atoms with E-state index >= 15 is 0 Å². The highest BCUT2D eigenvalue weighted by Crippen LogP contribution is 2.09. The van der Waals surface area contributed by atoms with E-state index in [1.165, 1.54) is 0 Å². The van der Waals surface area contributed by atoms with Crippen LogP contribution in [0.25, 0.3) is 0 Å². The summed E-state index contributed by atoms with van der Waals surface area (Å²) in [5, 5.41) is 20.6. The molecule has 8 heteroatoms. The third-order valence-corrected chi connectivity index (χ3v) is 1.07. The van der Waals surface area contributed by atoms with Gasteiger partial charge in [0.2, 0.25) is 0 Å². The molecule has 0 unspecified atom stereocenters. The Balaban J connectivity index is 3.60. The fourth-order valence-electron chi connectivity index (χ4n) is 0.625. The van der Waals surface area contributed by atoms with Crippen LogP contribution in [-0.2, 0) is 0 Å². The van der Waals surface area contributed by atoms with Crippen LogP contribution in [0.15, 0.2) is 9.59 Å². The third kappa shape index (κ3) is 1.17. The molecule has 0 saturated heterocycles. The van der Waals surface area contributed by atoms with Gasteiger partial charge in [0.25, 0.3) is 0 Å². The van der Waals surface area contributed by atoms with Gasteiger partial charge in [-0.2, -0.15) is 0 Å². The summed E-state index contributed by atoms with van der Waals surface area (Å²) in [5.74, 6) is -1.30. The fraction of sp³-hybridized carbons (Fsp3) is 0. The van der Waals surface area contributed by atoms with Crippen molar-refractivity contribution in [2.45, 2.75) is 0 Å². The lowest BCUT2D eigenvalue weighted by atomic mass is 10.5. The van der Waals surface area contributed by atoms with E-state index in [0.29, 0.717) is 0 Å². The molecular formula is C4H2N3O5-. The van der Waals surface area contributed by atoms with Gasteiger partial charge in [0, 0.05) is 0 Å². The minimum Gasteiger partial charge on any atom is -0.855 e. The van der Waals surface area contributed by atoms with Crippen LogP contribution in [-0.4, -0.2) is 14.9 Å². The summed E-state index contributed by atoms with van der Waals surface area (Å²) in [6.45, 7) is 0. The molecule has 8 nitrogen and oxygen atoms in total. The summed E-state index contributed by atoms with van der Waals surface area (Å²) in [6, 6.07) is 0. The summed E-state index contributed by atoms with van der Waals surface area (Å²) in [7, 11) is 0. The molecule has 0 aliphatic carbocycles. The van der Waals surface area contributed by atoms with Gasteiger partial charge in [0.1, 0.15) is 0 Å². The van der Waals surface area contributed by atoms with Crippen molar-refractivity contribution in [3.63, 3.8) is 0 Å². The molecule has 1 aromatic heterocycles. The molecule has 1 heterocycles. The molecule has 0 aliphatic heterocycles. The normalized spacial score (nSPS) is 9.67. The van der Waals surface area contributed by atoms with Gasteiger partial charge in [-0.3, -0.25) is 19.9 Å². The predicted octanol–water partition coefficient (Wildman–Crippen LogP) is -1.96. The first-order valence-corrected chi connectivity index (χ1v) is 2.70. The number of aromatic amines is 2. The highest BCUT2D eigenvalue weighted by atomic mass is 16.6. The summed E-state index contributed by atoms with van der Waals surface area (Å²) < 4.78 is 0. The van der Waals surface area contributed by atoms with E-state index in [4.69, 9.17) is 0 Å². The lowest BCUT2D eigenvalue weighted by Crippen LogP contribution is -2.26. The van der Waals surface area contributed by atoms with Gasteiger partial charge in [-0.15, -0.1) is 0 Å². The van der Waals surface area contributed by atoms with Gasteiger partial charge in [-0.05, 0) is 0 Å². The molecule has 12 heavy (non-hydrogen) atoms. The number of nitrogens with one attached hydrogen (secondary N) is 2. The minimum atomic E-state index is -1.30. The third-order valence-electron chi connectivity index (χ3n) is 1.07. The average Bonchev–Trinajstić information content (AvgIpc) is 1.82. The molecule has 0 radical (unpaired) electrons. The van der Waals surface area contributed by atoms with Crippen molar-refractivity contribution >= 4 is 5.69 Å². The summed E-state index contributed by atoms with van der Waals surface area (Å²) in [6.07, 6.45) is 0. The Morgan fingerprint density at radius 1 is 1.25 bits per heavy atom. The molecule has 0 aliphatic rings. The van der Waals surface area contributed by atoms with E-state index in [2.05, 4.69) is 0 Å². The zero-order valence-corrected chi connectivity index (χ0v) is 5.49. The van der Waals surface area contributed by atoms with Crippen molar-refractivity contribution in [1.82, 2.24) is 9.97 Å². The van der Waals surface area contributed by atoms with E-state index in [1.54, 1.807) is 9.97 Å². The first-order valence-electron chi connectivity index (χ1n) is 2.70. The summed E-state index contributed by atoms with van der Waals surface area (Å²) >= 11 is 0. The smallest absolute Gasteiger partial charge is 0.342 e. The van der Waals surface area contributed by atoms with Crippen LogP contribution in [0.4, 0.5) is 5.69 Å². The average molecular weight is 172 g/mol. The molecule has 0 amide bonds. The predicted molar refractivity (Wildman–Crippen MR) is 33.8 cm³/mol. The maximum absolute atomic E-state index is 10.6. The van der Waals surface area contributed by atoms with Crippen molar-refractivity contribution in [2.24, 2.45) is 0 Å². The van der Waals surface area contributed by atoms with E-state index in [1.807, 2.05) is 0 Å². The second kappa shape index (κ2) is 2.49. The monoisotopic (exact) mass is 172 g/mol. The minimum absolute atomic E-state index is 1.06. The van der Waals surface area contributed by atoms with E-state index in [9.17, 15) is 24.8 Å². The van der Waals surface area contributed by atoms with Gasteiger partial charge >= 0.3 is 16.9 Å². The van der Waals surface area contributed by atoms with Crippen LogP contribution >= 0.6 is 0 Å². The van der Waals surface area contributed by atoms with Crippen molar-refractivity contribution < 1.29 is 10.0 Å².